The molecular formula is C26H21N3O3S. The molecule has 0 radical (unpaired) electrons. The summed E-state index contributed by atoms with van der Waals surface area (Å²) in [6, 6.07) is 21.2. The number of pyridine rings is 1. The lowest BCUT2D eigenvalue weighted by molar-refractivity contribution is 0.0985. The molecular weight excluding hydrogens is 434 g/mol. The normalized spacial score (nSPS) is 11.0. The molecule has 164 valence electrons. The molecule has 0 bridgehead atoms. The van der Waals surface area contributed by atoms with E-state index in [9.17, 15) is 4.79 Å². The van der Waals surface area contributed by atoms with Crippen molar-refractivity contribution in [2.45, 2.75) is 6.54 Å². The molecule has 0 fully saturated rings. The monoisotopic (exact) mass is 455 g/mol. The molecule has 0 N–H and O–H groups in total. The summed E-state index contributed by atoms with van der Waals surface area (Å²) in [6.45, 7) is 0.337. The quantitative estimate of drug-likeness (QED) is 0.328. The third-order valence-corrected chi connectivity index (χ3v) is 6.53. The lowest BCUT2D eigenvalue weighted by Gasteiger charge is -2.20. The number of nitrogens with zero attached hydrogens (tertiary/aromatic N) is 3. The maximum atomic E-state index is 13.8. The second kappa shape index (κ2) is 8.88. The lowest BCUT2D eigenvalue weighted by atomic mass is 10.1. The molecule has 5 aromatic rings. The Bertz CT molecular complexity index is 1410. The fourth-order valence-corrected chi connectivity index (χ4v) is 4.84. The van der Waals surface area contributed by atoms with Crippen molar-refractivity contribution in [3.8, 4) is 11.5 Å². The van der Waals surface area contributed by atoms with Gasteiger partial charge in [-0.15, -0.1) is 0 Å². The number of anilines is 1. The van der Waals surface area contributed by atoms with E-state index < -0.39 is 0 Å². The van der Waals surface area contributed by atoms with E-state index in [2.05, 4.69) is 4.98 Å². The van der Waals surface area contributed by atoms with E-state index in [1.54, 1.807) is 31.5 Å². The van der Waals surface area contributed by atoms with Gasteiger partial charge < -0.3 is 9.47 Å². The second-order valence-corrected chi connectivity index (χ2v) is 8.44. The second-order valence-electron chi connectivity index (χ2n) is 7.46. The van der Waals surface area contributed by atoms with Crippen LogP contribution in [0.3, 0.4) is 0 Å². The van der Waals surface area contributed by atoms with Crippen molar-refractivity contribution in [1.29, 1.82) is 0 Å². The summed E-state index contributed by atoms with van der Waals surface area (Å²) in [7, 11) is 3.22. The smallest absolute Gasteiger partial charge is 0.260 e. The Hall–Kier alpha value is -3.97. The van der Waals surface area contributed by atoms with Gasteiger partial charge >= 0.3 is 0 Å². The van der Waals surface area contributed by atoms with Crippen LogP contribution in [0.4, 0.5) is 5.13 Å². The van der Waals surface area contributed by atoms with Crippen molar-refractivity contribution in [3.05, 3.63) is 90.3 Å². The van der Waals surface area contributed by atoms with Crippen LogP contribution in [0.1, 0.15) is 15.9 Å². The van der Waals surface area contributed by atoms with Crippen LogP contribution < -0.4 is 14.4 Å². The Morgan fingerprint density at radius 1 is 0.939 bits per heavy atom. The lowest BCUT2D eigenvalue weighted by Crippen LogP contribution is -2.30. The number of carbonyl (C=O) groups is 1. The minimum Gasteiger partial charge on any atom is -0.495 e. The predicted molar refractivity (Wildman–Crippen MR) is 131 cm³/mol. The number of hydrogen-bond donors (Lipinski definition) is 0. The van der Waals surface area contributed by atoms with Crippen LogP contribution in [0.15, 0.2) is 79.1 Å². The first kappa shape index (κ1) is 20.9. The fourth-order valence-electron chi connectivity index (χ4n) is 3.77. The summed E-state index contributed by atoms with van der Waals surface area (Å²) < 4.78 is 11.9. The highest BCUT2D eigenvalue weighted by molar-refractivity contribution is 7.22. The Morgan fingerprint density at radius 3 is 2.48 bits per heavy atom. The van der Waals surface area contributed by atoms with Gasteiger partial charge in [-0.1, -0.05) is 47.7 Å². The number of hydrogen-bond acceptors (Lipinski definition) is 6. The molecule has 0 aliphatic heterocycles. The molecule has 5 rings (SSSR count). The van der Waals surface area contributed by atoms with Crippen LogP contribution in [0.25, 0.3) is 21.0 Å². The van der Waals surface area contributed by atoms with Crippen molar-refractivity contribution < 1.29 is 14.3 Å². The zero-order chi connectivity index (χ0) is 22.8. The third kappa shape index (κ3) is 3.99. The topological polar surface area (TPSA) is 64.6 Å². The minimum atomic E-state index is -0.137. The van der Waals surface area contributed by atoms with Crippen LogP contribution in [-0.2, 0) is 6.54 Å². The third-order valence-electron chi connectivity index (χ3n) is 5.43. The van der Waals surface area contributed by atoms with Gasteiger partial charge in [0.25, 0.3) is 5.91 Å². The summed E-state index contributed by atoms with van der Waals surface area (Å²) >= 11 is 1.40. The molecule has 0 saturated carbocycles. The molecule has 3 aromatic carbocycles. The van der Waals surface area contributed by atoms with Gasteiger partial charge in [0.2, 0.25) is 0 Å². The van der Waals surface area contributed by atoms with Gasteiger partial charge in [-0.05, 0) is 46.7 Å². The van der Waals surface area contributed by atoms with Crippen LogP contribution in [-0.4, -0.2) is 30.1 Å². The Labute approximate surface area is 195 Å². The van der Waals surface area contributed by atoms with Crippen LogP contribution in [0.5, 0.6) is 11.5 Å². The molecule has 1 amide bonds. The highest BCUT2D eigenvalue weighted by atomic mass is 32.1. The highest BCUT2D eigenvalue weighted by Gasteiger charge is 2.24. The Balaban J connectivity index is 1.63. The number of thiazole rings is 1. The first-order valence-corrected chi connectivity index (χ1v) is 11.2. The molecule has 33 heavy (non-hydrogen) atoms. The van der Waals surface area contributed by atoms with E-state index in [-0.39, 0.29) is 5.91 Å². The van der Waals surface area contributed by atoms with Crippen molar-refractivity contribution >= 4 is 43.4 Å². The SMILES string of the molecule is COc1ccc(OC)c2sc(N(Cc3cccnc3)C(=O)c3ccc4ccccc4c3)nc12. The van der Waals surface area contributed by atoms with Gasteiger partial charge in [0.15, 0.2) is 5.13 Å². The van der Waals surface area contributed by atoms with Gasteiger partial charge in [0.05, 0.1) is 20.8 Å². The molecule has 0 saturated heterocycles. The maximum Gasteiger partial charge on any atom is 0.260 e. The number of carbonyl (C=O) groups excluding carboxylic acids is 1. The summed E-state index contributed by atoms with van der Waals surface area (Å²) in [5, 5.41) is 2.66. The maximum absolute atomic E-state index is 13.8. The van der Waals surface area contributed by atoms with E-state index in [4.69, 9.17) is 14.5 Å². The standard InChI is InChI=1S/C26H21N3O3S/c1-31-21-11-12-22(32-2)24-23(21)28-26(33-24)29(16-17-6-5-13-27-15-17)25(30)20-10-9-18-7-3-4-8-19(18)14-20/h3-15H,16H2,1-2H3. The molecule has 6 nitrogen and oxygen atoms in total. The van der Waals surface area contributed by atoms with Crippen molar-refractivity contribution in [3.63, 3.8) is 0 Å². The van der Waals surface area contributed by atoms with Crippen LogP contribution in [0, 0.1) is 0 Å². The minimum absolute atomic E-state index is 0.137. The van der Waals surface area contributed by atoms with Crippen LogP contribution >= 0.6 is 11.3 Å². The number of benzene rings is 3. The summed E-state index contributed by atoms with van der Waals surface area (Å²) in [5.74, 6) is 1.18. The highest BCUT2D eigenvalue weighted by Crippen LogP contribution is 2.40. The van der Waals surface area contributed by atoms with E-state index in [1.165, 1.54) is 11.3 Å². The van der Waals surface area contributed by atoms with Gasteiger partial charge in [-0.3, -0.25) is 14.7 Å². The van der Waals surface area contributed by atoms with Crippen molar-refractivity contribution in [2.24, 2.45) is 0 Å². The molecule has 0 atom stereocenters. The van der Waals surface area contributed by atoms with Crippen molar-refractivity contribution in [1.82, 2.24) is 9.97 Å². The zero-order valence-corrected chi connectivity index (χ0v) is 19.0. The van der Waals surface area contributed by atoms with Gasteiger partial charge in [-0.25, -0.2) is 4.98 Å². The first-order chi connectivity index (χ1) is 16.2. The van der Waals surface area contributed by atoms with Crippen LogP contribution in [0.2, 0.25) is 0 Å². The molecule has 2 heterocycles. The molecule has 0 spiro atoms. The number of aromatic nitrogens is 2. The molecule has 0 unspecified atom stereocenters. The number of methoxy groups -OCH3 is 2. The molecule has 2 aromatic heterocycles. The Kier molecular flexibility index (Phi) is 5.62. The number of ether oxygens (including phenoxy) is 2. The number of fused-ring (bicyclic) bond motifs is 2. The summed E-state index contributed by atoms with van der Waals surface area (Å²) in [4.78, 5) is 24.5. The van der Waals surface area contributed by atoms with E-state index in [0.29, 0.717) is 34.3 Å². The first-order valence-electron chi connectivity index (χ1n) is 10.4. The largest absolute Gasteiger partial charge is 0.495 e. The Morgan fingerprint density at radius 2 is 1.73 bits per heavy atom. The molecule has 0 aliphatic rings. The number of amides is 1. The number of rotatable bonds is 6. The van der Waals surface area contributed by atoms with E-state index in [0.717, 1.165) is 21.0 Å². The predicted octanol–water partition coefficient (Wildman–Crippen LogP) is 5.71. The van der Waals surface area contributed by atoms with Gasteiger partial charge in [0, 0.05) is 18.0 Å². The van der Waals surface area contributed by atoms with Crippen molar-refractivity contribution in [2.75, 3.05) is 19.1 Å². The molecule has 0 aliphatic carbocycles. The average molecular weight is 456 g/mol. The summed E-state index contributed by atoms with van der Waals surface area (Å²) in [5.41, 5.74) is 2.17. The van der Waals surface area contributed by atoms with E-state index >= 15 is 0 Å². The molecule has 7 heteroatoms. The van der Waals surface area contributed by atoms with Gasteiger partial charge in [-0.2, -0.15) is 0 Å². The summed E-state index contributed by atoms with van der Waals surface area (Å²) in [6.07, 6.45) is 3.47. The fraction of sp³-hybridized carbons (Fsp3) is 0.115. The van der Waals surface area contributed by atoms with E-state index in [1.807, 2.05) is 66.7 Å². The van der Waals surface area contributed by atoms with Gasteiger partial charge in [0.1, 0.15) is 21.7 Å². The average Bonchev–Trinajstić information content (AvgIpc) is 3.32. The zero-order valence-electron chi connectivity index (χ0n) is 18.2.